The molecule has 27 heavy (non-hydrogen) atoms. The number of rotatable bonds is 6. The first-order chi connectivity index (χ1) is 13.0. The Hall–Kier alpha value is -2.76. The number of carbonyl (C=O) groups excluding carboxylic acids is 2. The summed E-state index contributed by atoms with van der Waals surface area (Å²) in [5, 5.41) is 0. The van der Waals surface area contributed by atoms with Crippen LogP contribution in [0.25, 0.3) is 0 Å². The van der Waals surface area contributed by atoms with Gasteiger partial charge in [-0.1, -0.05) is 6.07 Å². The lowest BCUT2D eigenvalue weighted by molar-refractivity contribution is 0.0519. The largest absolute Gasteiger partial charge is 0.493 e. The average molecular weight is 371 g/mol. The molecule has 6 heteroatoms. The second-order valence-electron chi connectivity index (χ2n) is 6.57. The van der Waals surface area contributed by atoms with E-state index in [1.165, 1.54) is 0 Å². The summed E-state index contributed by atoms with van der Waals surface area (Å²) in [6, 6.07) is 5.77. The molecule has 2 aromatic rings. The number of aromatic amines is 1. The van der Waals surface area contributed by atoms with Crippen molar-refractivity contribution < 1.29 is 23.8 Å². The molecule has 1 heterocycles. The number of aromatic nitrogens is 1. The summed E-state index contributed by atoms with van der Waals surface area (Å²) in [7, 11) is 1.60. The van der Waals surface area contributed by atoms with Gasteiger partial charge < -0.3 is 19.2 Å². The average Bonchev–Trinajstić information content (AvgIpc) is 2.99. The summed E-state index contributed by atoms with van der Waals surface area (Å²) >= 11 is 0. The lowest BCUT2D eigenvalue weighted by Gasteiger charge is -2.23. The van der Waals surface area contributed by atoms with Crippen LogP contribution < -0.4 is 9.47 Å². The summed E-state index contributed by atoms with van der Waals surface area (Å²) < 4.78 is 16.1. The molecule has 1 aromatic carbocycles. The molecule has 0 amide bonds. The van der Waals surface area contributed by atoms with Gasteiger partial charge in [0.25, 0.3) is 0 Å². The van der Waals surface area contributed by atoms with Crippen LogP contribution in [0.2, 0.25) is 0 Å². The van der Waals surface area contributed by atoms with Crippen LogP contribution in [0.15, 0.2) is 18.2 Å². The SMILES string of the molecule is CCOC(=O)c1[nH]c2c(c1C)C(=O)C[C@@H](c1ccc(OCC)c(OC)c1)C2. The third-order valence-electron chi connectivity index (χ3n) is 4.93. The number of hydrogen-bond donors (Lipinski definition) is 1. The summed E-state index contributed by atoms with van der Waals surface area (Å²) in [6.45, 7) is 6.32. The van der Waals surface area contributed by atoms with Crippen LogP contribution in [-0.2, 0) is 11.2 Å². The third-order valence-corrected chi connectivity index (χ3v) is 4.93. The molecule has 1 aliphatic rings. The van der Waals surface area contributed by atoms with Gasteiger partial charge in [-0.05, 0) is 56.4 Å². The van der Waals surface area contributed by atoms with E-state index in [-0.39, 0.29) is 11.7 Å². The van der Waals surface area contributed by atoms with Crippen LogP contribution >= 0.6 is 0 Å². The molecular weight excluding hydrogens is 346 g/mol. The van der Waals surface area contributed by atoms with Gasteiger partial charge in [0, 0.05) is 17.7 Å². The predicted molar refractivity (Wildman–Crippen MR) is 101 cm³/mol. The standard InChI is InChI=1S/C21H25NO5/c1-5-26-17-8-7-13(11-18(17)25-4)14-9-15-19(16(23)10-14)12(3)20(22-15)21(24)27-6-2/h7-8,11,14,22H,5-6,9-10H2,1-4H3/t14-/m0/s1. The smallest absolute Gasteiger partial charge is 0.355 e. The normalized spacial score (nSPS) is 16.0. The summed E-state index contributed by atoms with van der Waals surface area (Å²) in [4.78, 5) is 28.0. The number of ether oxygens (including phenoxy) is 3. The molecule has 0 saturated carbocycles. The van der Waals surface area contributed by atoms with Crippen LogP contribution in [0.5, 0.6) is 11.5 Å². The minimum Gasteiger partial charge on any atom is -0.493 e. The van der Waals surface area contributed by atoms with Crippen LogP contribution in [0.1, 0.15) is 63.9 Å². The van der Waals surface area contributed by atoms with Crippen molar-refractivity contribution >= 4 is 11.8 Å². The number of hydrogen-bond acceptors (Lipinski definition) is 5. The van der Waals surface area contributed by atoms with Crippen molar-refractivity contribution in [2.45, 2.75) is 39.5 Å². The molecule has 1 N–H and O–H groups in total. The van der Waals surface area contributed by atoms with E-state index in [4.69, 9.17) is 14.2 Å². The summed E-state index contributed by atoms with van der Waals surface area (Å²) in [6.07, 6.45) is 1.05. The maximum atomic E-state index is 12.8. The van der Waals surface area contributed by atoms with Gasteiger partial charge in [0.1, 0.15) is 5.69 Å². The number of methoxy groups -OCH3 is 1. The van der Waals surface area contributed by atoms with Crippen LogP contribution in [0.4, 0.5) is 0 Å². The monoisotopic (exact) mass is 371 g/mol. The Kier molecular flexibility index (Phi) is 5.54. The molecule has 0 aliphatic heterocycles. The van der Waals surface area contributed by atoms with Gasteiger partial charge in [-0.3, -0.25) is 4.79 Å². The number of carbonyl (C=O) groups is 2. The summed E-state index contributed by atoms with van der Waals surface area (Å²) in [5.74, 6) is 0.979. The van der Waals surface area contributed by atoms with Crippen molar-refractivity contribution in [3.05, 3.63) is 46.3 Å². The van der Waals surface area contributed by atoms with E-state index in [2.05, 4.69) is 4.98 Å². The molecule has 0 bridgehead atoms. The quantitative estimate of drug-likeness (QED) is 0.781. The number of nitrogens with one attached hydrogen (secondary N) is 1. The molecule has 1 aliphatic carbocycles. The Balaban J connectivity index is 1.92. The number of H-pyrrole nitrogens is 1. The van der Waals surface area contributed by atoms with E-state index in [0.29, 0.717) is 54.4 Å². The van der Waals surface area contributed by atoms with Gasteiger partial charge in [0.05, 0.1) is 20.3 Å². The molecule has 1 atom stereocenters. The van der Waals surface area contributed by atoms with Crippen molar-refractivity contribution in [3.63, 3.8) is 0 Å². The fraction of sp³-hybridized carbons (Fsp3) is 0.429. The maximum Gasteiger partial charge on any atom is 0.355 e. The molecule has 1 aromatic heterocycles. The van der Waals surface area contributed by atoms with E-state index in [1.54, 1.807) is 21.0 Å². The Labute approximate surface area is 158 Å². The molecule has 0 unspecified atom stereocenters. The van der Waals surface area contributed by atoms with E-state index in [1.807, 2.05) is 25.1 Å². The topological polar surface area (TPSA) is 77.6 Å². The molecular formula is C21H25NO5. The number of Topliss-reactive ketones (excluding diaryl/α,β-unsaturated/α-hetero) is 1. The molecule has 0 fully saturated rings. The van der Waals surface area contributed by atoms with Gasteiger partial charge in [-0.25, -0.2) is 4.79 Å². The lowest BCUT2D eigenvalue weighted by atomic mass is 9.81. The second kappa shape index (κ2) is 7.86. The van der Waals surface area contributed by atoms with Crippen LogP contribution in [0, 0.1) is 6.92 Å². The van der Waals surface area contributed by atoms with E-state index >= 15 is 0 Å². The first kappa shape index (κ1) is 19.0. The Bertz CT molecular complexity index is 868. The number of ketones is 1. The van der Waals surface area contributed by atoms with Gasteiger partial charge in [0.15, 0.2) is 17.3 Å². The van der Waals surface area contributed by atoms with Crippen molar-refractivity contribution in [2.75, 3.05) is 20.3 Å². The van der Waals surface area contributed by atoms with Crippen molar-refractivity contribution in [1.29, 1.82) is 0 Å². The van der Waals surface area contributed by atoms with E-state index in [0.717, 1.165) is 11.3 Å². The van der Waals surface area contributed by atoms with Crippen molar-refractivity contribution in [1.82, 2.24) is 4.98 Å². The van der Waals surface area contributed by atoms with Gasteiger partial charge in [0.2, 0.25) is 0 Å². The Morgan fingerprint density at radius 1 is 1.19 bits per heavy atom. The lowest BCUT2D eigenvalue weighted by Crippen LogP contribution is -2.18. The number of fused-ring (bicyclic) bond motifs is 1. The fourth-order valence-electron chi connectivity index (χ4n) is 3.69. The highest BCUT2D eigenvalue weighted by Crippen LogP contribution is 2.38. The second-order valence-corrected chi connectivity index (χ2v) is 6.57. The van der Waals surface area contributed by atoms with Gasteiger partial charge in [-0.15, -0.1) is 0 Å². The minimum atomic E-state index is -0.420. The Morgan fingerprint density at radius 2 is 1.96 bits per heavy atom. The van der Waals surface area contributed by atoms with Crippen LogP contribution in [-0.4, -0.2) is 37.1 Å². The maximum absolute atomic E-state index is 12.8. The molecule has 0 saturated heterocycles. The molecule has 0 radical (unpaired) electrons. The third kappa shape index (κ3) is 3.56. The first-order valence-electron chi connectivity index (χ1n) is 9.22. The zero-order valence-electron chi connectivity index (χ0n) is 16.2. The Morgan fingerprint density at radius 3 is 2.63 bits per heavy atom. The zero-order valence-corrected chi connectivity index (χ0v) is 16.2. The molecule has 6 nitrogen and oxygen atoms in total. The first-order valence-corrected chi connectivity index (χ1v) is 9.22. The van der Waals surface area contributed by atoms with Crippen molar-refractivity contribution in [2.24, 2.45) is 0 Å². The zero-order chi connectivity index (χ0) is 19.6. The summed E-state index contributed by atoms with van der Waals surface area (Å²) in [5.41, 5.74) is 3.49. The number of esters is 1. The van der Waals surface area contributed by atoms with Gasteiger partial charge in [-0.2, -0.15) is 0 Å². The van der Waals surface area contributed by atoms with Gasteiger partial charge >= 0.3 is 5.97 Å². The van der Waals surface area contributed by atoms with Crippen LogP contribution in [0.3, 0.4) is 0 Å². The fourth-order valence-corrected chi connectivity index (χ4v) is 3.69. The highest BCUT2D eigenvalue weighted by molar-refractivity contribution is 6.03. The highest BCUT2D eigenvalue weighted by Gasteiger charge is 2.32. The van der Waals surface area contributed by atoms with E-state index in [9.17, 15) is 9.59 Å². The van der Waals surface area contributed by atoms with Crippen molar-refractivity contribution in [3.8, 4) is 11.5 Å². The molecule has 0 spiro atoms. The number of benzene rings is 1. The minimum absolute atomic E-state index is 0.0164. The highest BCUT2D eigenvalue weighted by atomic mass is 16.5. The molecule has 144 valence electrons. The van der Waals surface area contributed by atoms with E-state index < -0.39 is 5.97 Å². The predicted octanol–water partition coefficient (Wildman–Crippen LogP) is 3.82. The molecule has 3 rings (SSSR count).